The molecule has 0 bridgehead atoms. The van der Waals surface area contributed by atoms with Gasteiger partial charge >= 0.3 is 0 Å². The fraction of sp³-hybridized carbons (Fsp3) is 0.308. The molecular weight excluding hydrogens is 356 g/mol. The van der Waals surface area contributed by atoms with Gasteiger partial charge in [-0.25, -0.2) is 0 Å². The predicted molar refractivity (Wildman–Crippen MR) is 86.5 cm³/mol. The van der Waals surface area contributed by atoms with Crippen molar-refractivity contribution in [1.82, 2.24) is 14.9 Å². The predicted octanol–water partition coefficient (Wildman–Crippen LogP) is 3.06. The number of phenols is 1. The van der Waals surface area contributed by atoms with Crippen LogP contribution in [0.3, 0.4) is 0 Å². The lowest BCUT2D eigenvalue weighted by atomic mass is 10.2. The Morgan fingerprint density at radius 3 is 2.90 bits per heavy atom. The maximum absolute atomic E-state index is 9.89. The normalized spacial score (nSPS) is 11.2. The van der Waals surface area contributed by atoms with E-state index in [-0.39, 0.29) is 5.75 Å². The second-order valence-corrected chi connectivity index (χ2v) is 5.70. The van der Waals surface area contributed by atoms with Crippen LogP contribution in [0.5, 0.6) is 11.5 Å². The molecular formula is C13H15BrN4O2S. The zero-order valence-electron chi connectivity index (χ0n) is 11.9. The summed E-state index contributed by atoms with van der Waals surface area (Å²) in [5.74, 6) is 1.21. The maximum Gasteiger partial charge on any atom is 0.211 e. The number of aromatic nitrogens is 3. The third kappa shape index (κ3) is 3.56. The van der Waals surface area contributed by atoms with E-state index in [4.69, 9.17) is 4.74 Å². The standard InChI is InChI=1S/C13H15BrN4O2S/c1-4-20-11-6-9(5-10(14)12(11)19)7-15-18-8(2)16-17-13(18)21-3/h5-7,19H,4H2,1-3H3/b15-7-. The zero-order valence-corrected chi connectivity index (χ0v) is 14.3. The lowest BCUT2D eigenvalue weighted by Gasteiger charge is -2.08. The molecule has 21 heavy (non-hydrogen) atoms. The van der Waals surface area contributed by atoms with Gasteiger partial charge in [-0.2, -0.15) is 9.78 Å². The molecule has 1 N–H and O–H groups in total. The molecule has 112 valence electrons. The van der Waals surface area contributed by atoms with Gasteiger partial charge in [0.25, 0.3) is 0 Å². The summed E-state index contributed by atoms with van der Waals surface area (Å²) >= 11 is 4.77. The largest absolute Gasteiger partial charge is 0.503 e. The van der Waals surface area contributed by atoms with Gasteiger partial charge < -0.3 is 9.84 Å². The highest BCUT2D eigenvalue weighted by Gasteiger charge is 2.09. The van der Waals surface area contributed by atoms with E-state index in [0.717, 1.165) is 5.56 Å². The Hall–Kier alpha value is -1.54. The summed E-state index contributed by atoms with van der Waals surface area (Å²) < 4.78 is 7.60. The van der Waals surface area contributed by atoms with Gasteiger partial charge in [-0.3, -0.25) is 0 Å². The Balaban J connectivity index is 2.34. The highest BCUT2D eigenvalue weighted by atomic mass is 79.9. The minimum absolute atomic E-state index is 0.0827. The molecule has 1 aromatic heterocycles. The van der Waals surface area contributed by atoms with Gasteiger partial charge in [0.2, 0.25) is 5.16 Å². The fourth-order valence-electron chi connectivity index (χ4n) is 1.66. The van der Waals surface area contributed by atoms with Crippen LogP contribution in [0.2, 0.25) is 0 Å². The summed E-state index contributed by atoms with van der Waals surface area (Å²) in [5, 5.41) is 23.0. The van der Waals surface area contributed by atoms with E-state index in [9.17, 15) is 5.11 Å². The monoisotopic (exact) mass is 370 g/mol. The van der Waals surface area contributed by atoms with Crippen LogP contribution in [-0.2, 0) is 0 Å². The number of nitrogens with zero attached hydrogens (tertiary/aromatic N) is 4. The second kappa shape index (κ2) is 6.95. The molecule has 2 aromatic rings. The Bertz CT molecular complexity index is 672. The number of hydrogen-bond acceptors (Lipinski definition) is 6. The third-order valence-electron chi connectivity index (χ3n) is 2.62. The molecule has 0 unspecified atom stereocenters. The van der Waals surface area contributed by atoms with Crippen molar-refractivity contribution in [2.75, 3.05) is 12.9 Å². The molecule has 8 heteroatoms. The average molecular weight is 371 g/mol. The smallest absolute Gasteiger partial charge is 0.211 e. The lowest BCUT2D eigenvalue weighted by molar-refractivity contribution is 0.317. The van der Waals surface area contributed by atoms with E-state index in [1.54, 1.807) is 23.0 Å². The zero-order chi connectivity index (χ0) is 15.4. The third-order valence-corrected chi connectivity index (χ3v) is 3.85. The first-order valence-corrected chi connectivity index (χ1v) is 8.24. The van der Waals surface area contributed by atoms with Crippen molar-refractivity contribution in [3.8, 4) is 11.5 Å². The summed E-state index contributed by atoms with van der Waals surface area (Å²) in [6.07, 6.45) is 3.59. The molecule has 1 aromatic carbocycles. The SMILES string of the molecule is CCOc1cc(/C=N\n2c(C)nnc2SC)cc(Br)c1O. The summed E-state index contributed by atoms with van der Waals surface area (Å²) in [5.41, 5.74) is 0.795. The summed E-state index contributed by atoms with van der Waals surface area (Å²) in [6, 6.07) is 3.49. The molecule has 0 spiro atoms. The number of halogens is 1. The molecule has 0 aliphatic rings. The van der Waals surface area contributed by atoms with Gasteiger partial charge in [0.15, 0.2) is 17.3 Å². The summed E-state index contributed by atoms with van der Waals surface area (Å²) in [4.78, 5) is 0. The van der Waals surface area contributed by atoms with E-state index in [0.29, 0.717) is 27.8 Å². The number of ether oxygens (including phenoxy) is 1. The van der Waals surface area contributed by atoms with Crippen LogP contribution >= 0.6 is 27.7 Å². The van der Waals surface area contributed by atoms with Crippen molar-refractivity contribution in [3.63, 3.8) is 0 Å². The highest BCUT2D eigenvalue weighted by molar-refractivity contribution is 9.10. The van der Waals surface area contributed by atoms with Crippen molar-refractivity contribution in [2.45, 2.75) is 19.0 Å². The molecule has 0 aliphatic heterocycles. The van der Waals surface area contributed by atoms with Gasteiger partial charge in [0.05, 0.1) is 17.3 Å². The summed E-state index contributed by atoms with van der Waals surface area (Å²) in [6.45, 7) is 4.17. The van der Waals surface area contributed by atoms with Gasteiger partial charge in [-0.1, -0.05) is 11.8 Å². The first-order valence-electron chi connectivity index (χ1n) is 6.22. The number of hydrogen-bond donors (Lipinski definition) is 1. The van der Waals surface area contributed by atoms with Gasteiger partial charge in [-0.15, -0.1) is 10.2 Å². The Labute approximate surface area is 135 Å². The van der Waals surface area contributed by atoms with Gasteiger partial charge in [0, 0.05) is 0 Å². The average Bonchev–Trinajstić information content (AvgIpc) is 2.82. The van der Waals surface area contributed by atoms with Crippen LogP contribution in [0.25, 0.3) is 0 Å². The number of rotatable bonds is 5. The van der Waals surface area contributed by atoms with Gasteiger partial charge in [0.1, 0.15) is 0 Å². The highest BCUT2D eigenvalue weighted by Crippen LogP contribution is 2.35. The molecule has 0 saturated heterocycles. The Morgan fingerprint density at radius 1 is 1.48 bits per heavy atom. The van der Waals surface area contributed by atoms with Crippen molar-refractivity contribution in [3.05, 3.63) is 28.0 Å². The topological polar surface area (TPSA) is 72.5 Å². The van der Waals surface area contributed by atoms with Crippen LogP contribution in [-0.4, -0.2) is 39.1 Å². The number of aromatic hydroxyl groups is 1. The molecule has 0 aliphatic carbocycles. The molecule has 0 atom stereocenters. The van der Waals surface area contributed by atoms with Gasteiger partial charge in [-0.05, 0) is 53.7 Å². The van der Waals surface area contributed by atoms with Crippen molar-refractivity contribution < 1.29 is 9.84 Å². The second-order valence-electron chi connectivity index (χ2n) is 4.07. The maximum atomic E-state index is 9.89. The van der Waals surface area contributed by atoms with E-state index in [1.165, 1.54) is 11.8 Å². The van der Waals surface area contributed by atoms with E-state index >= 15 is 0 Å². The minimum Gasteiger partial charge on any atom is -0.503 e. The first-order chi connectivity index (χ1) is 10.1. The number of benzene rings is 1. The van der Waals surface area contributed by atoms with E-state index in [2.05, 4.69) is 31.2 Å². The van der Waals surface area contributed by atoms with Crippen LogP contribution in [0.15, 0.2) is 26.9 Å². The number of thioether (sulfide) groups is 1. The molecule has 0 fully saturated rings. The molecule has 2 rings (SSSR count). The lowest BCUT2D eigenvalue weighted by Crippen LogP contribution is -1.97. The fourth-order valence-corrected chi connectivity index (χ4v) is 2.59. The van der Waals surface area contributed by atoms with Crippen LogP contribution in [0.4, 0.5) is 0 Å². The Morgan fingerprint density at radius 2 is 2.24 bits per heavy atom. The van der Waals surface area contributed by atoms with Crippen molar-refractivity contribution in [2.24, 2.45) is 5.10 Å². The number of phenolic OH excluding ortho intramolecular Hbond substituents is 1. The van der Waals surface area contributed by atoms with Crippen molar-refractivity contribution >= 4 is 33.9 Å². The molecule has 6 nitrogen and oxygen atoms in total. The summed E-state index contributed by atoms with van der Waals surface area (Å²) in [7, 11) is 0. The molecule has 0 saturated carbocycles. The van der Waals surface area contributed by atoms with Crippen molar-refractivity contribution in [1.29, 1.82) is 0 Å². The minimum atomic E-state index is 0.0827. The first kappa shape index (κ1) is 15.8. The van der Waals surface area contributed by atoms with E-state index < -0.39 is 0 Å². The quantitative estimate of drug-likeness (QED) is 0.646. The Kier molecular flexibility index (Phi) is 5.24. The molecule has 1 heterocycles. The van der Waals surface area contributed by atoms with Crippen LogP contribution in [0, 0.1) is 6.92 Å². The van der Waals surface area contributed by atoms with Crippen LogP contribution in [0.1, 0.15) is 18.3 Å². The molecule has 0 amide bonds. The van der Waals surface area contributed by atoms with E-state index in [1.807, 2.05) is 20.1 Å². The molecule has 0 radical (unpaired) electrons. The van der Waals surface area contributed by atoms with Crippen LogP contribution < -0.4 is 4.74 Å². The number of aryl methyl sites for hydroxylation is 1.